The van der Waals surface area contributed by atoms with Crippen molar-refractivity contribution in [2.75, 3.05) is 13.7 Å². The fraction of sp³-hybridized carbons (Fsp3) is 1.00. The summed E-state index contributed by atoms with van der Waals surface area (Å²) in [6.45, 7) is 4.62. The van der Waals surface area contributed by atoms with Gasteiger partial charge in [0.2, 0.25) is 0 Å². The van der Waals surface area contributed by atoms with Crippen LogP contribution in [0.5, 0.6) is 0 Å². The molecule has 0 aromatic rings. The van der Waals surface area contributed by atoms with Gasteiger partial charge in [-0.05, 0) is 12.3 Å². The van der Waals surface area contributed by atoms with E-state index >= 15 is 0 Å². The quantitative estimate of drug-likeness (QED) is 0.362. The molecule has 0 aromatic carbocycles. The Morgan fingerprint density at radius 3 is 1.82 bits per heavy atom. The second kappa shape index (κ2) is 14.5. The lowest BCUT2D eigenvalue weighted by atomic mass is 9.99. The Kier molecular flexibility index (Phi) is 14.4. The smallest absolute Gasteiger partial charge is 0.252 e. The summed E-state index contributed by atoms with van der Waals surface area (Å²) in [5.41, 5.74) is 0. The first-order valence-electron chi connectivity index (χ1n) is 8.96. The van der Waals surface area contributed by atoms with Crippen LogP contribution >= 0.6 is 0 Å². The minimum Gasteiger partial charge on any atom is -0.252 e. The van der Waals surface area contributed by atoms with E-state index in [1.807, 2.05) is 0 Å². The van der Waals surface area contributed by atoms with E-state index in [9.17, 15) is 8.42 Å². The molecule has 0 bridgehead atoms. The predicted octanol–water partition coefficient (Wildman–Crippen LogP) is 5.23. The Balaban J connectivity index is 3.30. The van der Waals surface area contributed by atoms with Gasteiger partial charge >= 0.3 is 10.4 Å². The van der Waals surface area contributed by atoms with Crippen molar-refractivity contribution in [1.29, 1.82) is 0 Å². The van der Waals surface area contributed by atoms with E-state index < -0.39 is 10.4 Å². The average Bonchev–Trinajstić information content (AvgIpc) is 2.49. The highest BCUT2D eigenvalue weighted by Gasteiger charge is 2.10. The lowest BCUT2D eigenvalue weighted by Crippen LogP contribution is -2.10. The highest BCUT2D eigenvalue weighted by atomic mass is 32.3. The standard InChI is InChI=1S/C17H36O4S/c1-4-5-6-7-8-9-10-11-12-13-14-17(2)15-16-21-22(18,19)20-3/h17H,4-16H2,1-3H3. The number of hydrogen-bond donors (Lipinski definition) is 0. The summed E-state index contributed by atoms with van der Waals surface area (Å²) in [6.07, 6.45) is 15.4. The van der Waals surface area contributed by atoms with E-state index in [1.54, 1.807) is 0 Å². The molecule has 0 aromatic heterocycles. The first-order chi connectivity index (χ1) is 10.5. The average molecular weight is 337 g/mol. The number of unbranched alkanes of at least 4 members (excludes halogenated alkanes) is 9. The fourth-order valence-corrected chi connectivity index (χ4v) is 2.92. The third-order valence-corrected chi connectivity index (χ3v) is 4.96. The highest BCUT2D eigenvalue weighted by Crippen LogP contribution is 2.16. The van der Waals surface area contributed by atoms with Crippen LogP contribution in [-0.2, 0) is 18.8 Å². The molecule has 0 fully saturated rings. The summed E-state index contributed by atoms with van der Waals surface area (Å²) in [6, 6.07) is 0. The van der Waals surface area contributed by atoms with Crippen molar-refractivity contribution in [1.82, 2.24) is 0 Å². The van der Waals surface area contributed by atoms with Crippen LogP contribution in [0, 0.1) is 5.92 Å². The van der Waals surface area contributed by atoms with E-state index in [0.717, 1.165) is 20.0 Å². The summed E-state index contributed by atoms with van der Waals surface area (Å²) in [4.78, 5) is 0. The maximum atomic E-state index is 11.0. The van der Waals surface area contributed by atoms with Gasteiger partial charge in [0.15, 0.2) is 0 Å². The fourth-order valence-electron chi connectivity index (χ4n) is 2.52. The zero-order valence-corrected chi connectivity index (χ0v) is 15.6. The Hall–Kier alpha value is -0.130. The maximum Gasteiger partial charge on any atom is 0.399 e. The van der Waals surface area contributed by atoms with Crippen LogP contribution in [0.1, 0.15) is 90.9 Å². The van der Waals surface area contributed by atoms with Crippen molar-refractivity contribution in [2.24, 2.45) is 5.92 Å². The second-order valence-corrected chi connectivity index (χ2v) is 7.65. The maximum absolute atomic E-state index is 11.0. The first-order valence-corrected chi connectivity index (χ1v) is 10.3. The predicted molar refractivity (Wildman–Crippen MR) is 92.1 cm³/mol. The van der Waals surface area contributed by atoms with E-state index in [4.69, 9.17) is 4.18 Å². The second-order valence-electron chi connectivity index (χ2n) is 6.26. The molecular formula is C17H36O4S. The molecule has 0 radical (unpaired) electrons. The molecule has 134 valence electrons. The Labute approximate surface area is 138 Å². The molecule has 0 saturated heterocycles. The number of rotatable bonds is 16. The molecule has 22 heavy (non-hydrogen) atoms. The van der Waals surface area contributed by atoms with Gasteiger partial charge in [-0.1, -0.05) is 84.5 Å². The number of hydrogen-bond acceptors (Lipinski definition) is 4. The van der Waals surface area contributed by atoms with Gasteiger partial charge in [0.05, 0.1) is 13.7 Å². The summed E-state index contributed by atoms with van der Waals surface area (Å²) < 4.78 is 30.9. The zero-order chi connectivity index (χ0) is 16.7. The molecule has 0 N–H and O–H groups in total. The molecule has 4 nitrogen and oxygen atoms in total. The normalized spacial score (nSPS) is 13.4. The summed E-state index contributed by atoms with van der Waals surface area (Å²) >= 11 is 0. The molecule has 0 aliphatic heterocycles. The van der Waals surface area contributed by atoms with Crippen molar-refractivity contribution >= 4 is 10.4 Å². The van der Waals surface area contributed by atoms with Crippen LogP contribution < -0.4 is 0 Å². The minimum atomic E-state index is -3.76. The molecule has 1 atom stereocenters. The third kappa shape index (κ3) is 14.8. The lowest BCUT2D eigenvalue weighted by molar-refractivity contribution is 0.226. The van der Waals surface area contributed by atoms with Crippen molar-refractivity contribution in [3.05, 3.63) is 0 Å². The van der Waals surface area contributed by atoms with Crippen molar-refractivity contribution < 1.29 is 16.8 Å². The molecule has 0 saturated carbocycles. The van der Waals surface area contributed by atoms with Gasteiger partial charge in [0.1, 0.15) is 0 Å². The zero-order valence-electron chi connectivity index (χ0n) is 14.8. The van der Waals surface area contributed by atoms with Gasteiger partial charge in [-0.25, -0.2) is 4.18 Å². The van der Waals surface area contributed by atoms with Gasteiger partial charge in [-0.3, -0.25) is 4.18 Å². The van der Waals surface area contributed by atoms with E-state index in [1.165, 1.54) is 64.2 Å². The topological polar surface area (TPSA) is 52.6 Å². The monoisotopic (exact) mass is 336 g/mol. The molecular weight excluding hydrogens is 300 g/mol. The van der Waals surface area contributed by atoms with Gasteiger partial charge in [-0.2, -0.15) is 8.42 Å². The van der Waals surface area contributed by atoms with Crippen molar-refractivity contribution in [3.8, 4) is 0 Å². The van der Waals surface area contributed by atoms with Gasteiger partial charge in [-0.15, -0.1) is 0 Å². The van der Waals surface area contributed by atoms with E-state index in [-0.39, 0.29) is 6.61 Å². The van der Waals surface area contributed by atoms with E-state index in [2.05, 4.69) is 18.0 Å². The Bertz CT molecular complexity index is 328. The first kappa shape index (κ1) is 21.9. The third-order valence-electron chi connectivity index (χ3n) is 4.09. The molecule has 0 amide bonds. The largest absolute Gasteiger partial charge is 0.399 e. The van der Waals surface area contributed by atoms with Crippen LogP contribution in [0.2, 0.25) is 0 Å². The van der Waals surface area contributed by atoms with Crippen LogP contribution in [0.25, 0.3) is 0 Å². The summed E-state index contributed by atoms with van der Waals surface area (Å²) in [7, 11) is -2.65. The Morgan fingerprint density at radius 1 is 0.818 bits per heavy atom. The lowest BCUT2D eigenvalue weighted by Gasteiger charge is -2.11. The Morgan fingerprint density at radius 2 is 1.32 bits per heavy atom. The van der Waals surface area contributed by atoms with Crippen LogP contribution in [0.15, 0.2) is 0 Å². The summed E-state index contributed by atoms with van der Waals surface area (Å²) in [5, 5.41) is 0. The molecule has 0 aliphatic rings. The van der Waals surface area contributed by atoms with E-state index in [0.29, 0.717) is 5.92 Å². The molecule has 1 unspecified atom stereocenters. The van der Waals surface area contributed by atoms with Crippen molar-refractivity contribution in [2.45, 2.75) is 90.9 Å². The highest BCUT2D eigenvalue weighted by molar-refractivity contribution is 7.81. The molecule has 0 spiro atoms. The van der Waals surface area contributed by atoms with Crippen LogP contribution in [0.3, 0.4) is 0 Å². The van der Waals surface area contributed by atoms with Crippen molar-refractivity contribution in [3.63, 3.8) is 0 Å². The van der Waals surface area contributed by atoms with Gasteiger partial charge in [0.25, 0.3) is 0 Å². The van der Waals surface area contributed by atoms with Crippen LogP contribution in [-0.4, -0.2) is 22.1 Å². The SMILES string of the molecule is CCCCCCCCCCCCC(C)CCOS(=O)(=O)OC. The van der Waals surface area contributed by atoms with Gasteiger partial charge in [0, 0.05) is 0 Å². The van der Waals surface area contributed by atoms with Gasteiger partial charge < -0.3 is 0 Å². The molecule has 5 heteroatoms. The molecule has 0 heterocycles. The minimum absolute atomic E-state index is 0.217. The molecule has 0 aliphatic carbocycles. The van der Waals surface area contributed by atoms with Crippen LogP contribution in [0.4, 0.5) is 0 Å². The molecule has 0 rings (SSSR count). The summed E-state index contributed by atoms with van der Waals surface area (Å²) in [5.74, 6) is 0.501.